The quantitative estimate of drug-likeness (QED) is 0.570. The average Bonchev–Trinajstić information content (AvgIpc) is 2.72. The minimum absolute atomic E-state index is 0.0958. The van der Waals surface area contributed by atoms with Gasteiger partial charge in [0.05, 0.1) is 17.0 Å². The fourth-order valence-electron chi connectivity index (χ4n) is 3.37. The number of halogens is 2. The third kappa shape index (κ3) is 6.60. The summed E-state index contributed by atoms with van der Waals surface area (Å²) in [5.74, 6) is -0.872. The van der Waals surface area contributed by atoms with Crippen molar-refractivity contribution in [3.05, 3.63) is 63.6 Å². The fraction of sp³-hybridized carbons (Fsp3) is 0.364. The lowest BCUT2D eigenvalue weighted by Crippen LogP contribution is -2.51. The van der Waals surface area contributed by atoms with Gasteiger partial charge in [0.25, 0.3) is 0 Å². The van der Waals surface area contributed by atoms with Crippen LogP contribution < -0.4 is 9.62 Å². The molecule has 0 heterocycles. The van der Waals surface area contributed by atoms with Crippen molar-refractivity contribution in [2.45, 2.75) is 32.9 Å². The number of amides is 2. The molecule has 0 saturated carbocycles. The normalized spacial score (nSPS) is 12.2. The largest absolute Gasteiger partial charge is 0.357 e. The van der Waals surface area contributed by atoms with Crippen molar-refractivity contribution in [2.75, 3.05) is 24.2 Å². The zero-order valence-corrected chi connectivity index (χ0v) is 20.8. The van der Waals surface area contributed by atoms with Crippen LogP contribution in [-0.4, -0.2) is 51.0 Å². The number of rotatable bonds is 9. The molecule has 2 aromatic carbocycles. The maximum Gasteiger partial charge on any atom is 0.244 e. The van der Waals surface area contributed by atoms with Gasteiger partial charge in [-0.05, 0) is 37.1 Å². The number of hydrogen-bond donors (Lipinski definition) is 1. The van der Waals surface area contributed by atoms with Gasteiger partial charge in [0.15, 0.2) is 0 Å². The predicted molar refractivity (Wildman–Crippen MR) is 129 cm³/mol. The summed E-state index contributed by atoms with van der Waals surface area (Å²) in [6.07, 6.45) is 1.34. The molecule has 0 saturated heterocycles. The van der Waals surface area contributed by atoms with Gasteiger partial charge in [0.1, 0.15) is 12.6 Å². The van der Waals surface area contributed by atoms with Crippen molar-refractivity contribution in [1.29, 1.82) is 0 Å². The van der Waals surface area contributed by atoms with Crippen LogP contribution in [0.1, 0.15) is 24.5 Å². The molecular weight excluding hydrogens is 473 g/mol. The monoisotopic (exact) mass is 499 g/mol. The van der Waals surface area contributed by atoms with Crippen molar-refractivity contribution >= 4 is 50.7 Å². The van der Waals surface area contributed by atoms with E-state index in [0.29, 0.717) is 6.42 Å². The number of nitrogens with one attached hydrogen (secondary N) is 1. The second-order valence-electron chi connectivity index (χ2n) is 7.41. The van der Waals surface area contributed by atoms with Crippen LogP contribution in [0.3, 0.4) is 0 Å². The van der Waals surface area contributed by atoms with Crippen molar-refractivity contribution in [1.82, 2.24) is 10.2 Å². The number of likely N-dealkylation sites (N-methyl/N-ethyl adjacent to an activating group) is 1. The van der Waals surface area contributed by atoms with Crippen molar-refractivity contribution in [3.8, 4) is 0 Å². The first-order chi connectivity index (χ1) is 15.0. The molecule has 174 valence electrons. The van der Waals surface area contributed by atoms with Gasteiger partial charge in [-0.1, -0.05) is 60.0 Å². The second-order valence-corrected chi connectivity index (χ2v) is 10.2. The van der Waals surface area contributed by atoms with Crippen LogP contribution in [0.4, 0.5) is 5.69 Å². The lowest BCUT2D eigenvalue weighted by molar-refractivity contribution is -0.140. The standard InChI is InChI=1S/C22H27Cl2N3O4S/c1-5-19(22(29)25-3)26(13-16-8-6-7-15(2)11-16)21(28)14-27(32(4,30)31)20-12-17(23)9-10-18(20)24/h6-12,19H,5,13-14H2,1-4H3,(H,25,29)/t19-/m1/s1. The van der Waals surface area contributed by atoms with Gasteiger partial charge >= 0.3 is 0 Å². The van der Waals surface area contributed by atoms with E-state index in [2.05, 4.69) is 5.32 Å². The van der Waals surface area contributed by atoms with E-state index in [1.165, 1.54) is 30.1 Å². The molecule has 10 heteroatoms. The summed E-state index contributed by atoms with van der Waals surface area (Å²) >= 11 is 12.3. The molecule has 32 heavy (non-hydrogen) atoms. The number of anilines is 1. The first kappa shape index (κ1) is 26.0. The molecule has 0 aliphatic rings. The summed E-state index contributed by atoms with van der Waals surface area (Å²) in [7, 11) is -2.39. The number of benzene rings is 2. The zero-order chi connectivity index (χ0) is 24.1. The van der Waals surface area contributed by atoms with Crippen LogP contribution in [-0.2, 0) is 26.2 Å². The van der Waals surface area contributed by atoms with Crippen LogP contribution >= 0.6 is 23.2 Å². The Labute approximate surface area is 199 Å². The maximum atomic E-state index is 13.4. The van der Waals surface area contributed by atoms with Gasteiger partial charge in [-0.3, -0.25) is 13.9 Å². The lowest BCUT2D eigenvalue weighted by atomic mass is 10.1. The SMILES string of the molecule is CC[C@H](C(=O)NC)N(Cc1cccc(C)c1)C(=O)CN(c1cc(Cl)ccc1Cl)S(C)(=O)=O. The molecule has 0 aliphatic carbocycles. The van der Waals surface area contributed by atoms with E-state index >= 15 is 0 Å². The van der Waals surface area contributed by atoms with Crippen LogP contribution in [0.25, 0.3) is 0 Å². The molecule has 0 fully saturated rings. The van der Waals surface area contributed by atoms with Gasteiger partial charge < -0.3 is 10.2 Å². The van der Waals surface area contributed by atoms with E-state index in [1.807, 2.05) is 31.2 Å². The zero-order valence-electron chi connectivity index (χ0n) is 18.4. The van der Waals surface area contributed by atoms with Gasteiger partial charge in [-0.15, -0.1) is 0 Å². The molecule has 0 aromatic heterocycles. The third-order valence-electron chi connectivity index (χ3n) is 4.92. The summed E-state index contributed by atoms with van der Waals surface area (Å²) < 4.78 is 26.0. The molecule has 0 unspecified atom stereocenters. The number of hydrogen-bond acceptors (Lipinski definition) is 4. The Morgan fingerprint density at radius 1 is 1.12 bits per heavy atom. The molecule has 2 rings (SSSR count). The van der Waals surface area contributed by atoms with Crippen LogP contribution in [0.5, 0.6) is 0 Å². The van der Waals surface area contributed by atoms with Gasteiger partial charge in [-0.2, -0.15) is 0 Å². The average molecular weight is 500 g/mol. The third-order valence-corrected chi connectivity index (χ3v) is 6.60. The molecule has 0 radical (unpaired) electrons. The van der Waals surface area contributed by atoms with Gasteiger partial charge in [0.2, 0.25) is 21.8 Å². The first-order valence-corrected chi connectivity index (χ1v) is 12.6. The summed E-state index contributed by atoms with van der Waals surface area (Å²) in [4.78, 5) is 27.4. The maximum absolute atomic E-state index is 13.4. The highest BCUT2D eigenvalue weighted by Crippen LogP contribution is 2.31. The molecule has 2 amide bonds. The fourth-order valence-corrected chi connectivity index (χ4v) is 4.65. The van der Waals surface area contributed by atoms with E-state index in [9.17, 15) is 18.0 Å². The summed E-state index contributed by atoms with van der Waals surface area (Å²) in [5, 5.41) is 2.99. The van der Waals surface area contributed by atoms with E-state index in [4.69, 9.17) is 23.2 Å². The van der Waals surface area contributed by atoms with Crippen molar-refractivity contribution in [2.24, 2.45) is 0 Å². The van der Waals surface area contributed by atoms with Crippen molar-refractivity contribution < 1.29 is 18.0 Å². The first-order valence-electron chi connectivity index (χ1n) is 9.97. The van der Waals surface area contributed by atoms with Gasteiger partial charge in [0, 0.05) is 18.6 Å². The van der Waals surface area contributed by atoms with Crippen LogP contribution in [0, 0.1) is 6.92 Å². The molecule has 0 bridgehead atoms. The molecular formula is C22H27Cl2N3O4S. The number of nitrogens with zero attached hydrogens (tertiary/aromatic N) is 2. The number of aryl methyl sites for hydroxylation is 1. The smallest absolute Gasteiger partial charge is 0.244 e. The van der Waals surface area contributed by atoms with Crippen LogP contribution in [0.15, 0.2) is 42.5 Å². The highest BCUT2D eigenvalue weighted by Gasteiger charge is 2.32. The molecule has 0 aliphatic heterocycles. The molecule has 7 nitrogen and oxygen atoms in total. The highest BCUT2D eigenvalue weighted by atomic mass is 35.5. The van der Waals surface area contributed by atoms with E-state index in [1.54, 1.807) is 6.92 Å². The molecule has 2 aromatic rings. The van der Waals surface area contributed by atoms with Crippen LogP contribution in [0.2, 0.25) is 10.0 Å². The lowest BCUT2D eigenvalue weighted by Gasteiger charge is -2.32. The topological polar surface area (TPSA) is 86.8 Å². The second kappa shape index (κ2) is 11.0. The summed E-state index contributed by atoms with van der Waals surface area (Å²) in [6, 6.07) is 11.2. The Hall–Kier alpha value is -2.29. The van der Waals surface area contributed by atoms with Crippen molar-refractivity contribution in [3.63, 3.8) is 0 Å². The Morgan fingerprint density at radius 3 is 2.38 bits per heavy atom. The predicted octanol–water partition coefficient (Wildman–Crippen LogP) is 3.62. The number of carbonyl (C=O) groups is 2. The highest BCUT2D eigenvalue weighted by molar-refractivity contribution is 7.92. The Morgan fingerprint density at radius 2 is 1.81 bits per heavy atom. The van der Waals surface area contributed by atoms with E-state index < -0.39 is 28.5 Å². The Kier molecular flexibility index (Phi) is 8.95. The van der Waals surface area contributed by atoms with Gasteiger partial charge in [-0.25, -0.2) is 8.42 Å². The minimum Gasteiger partial charge on any atom is -0.357 e. The summed E-state index contributed by atoms with van der Waals surface area (Å²) in [6.45, 7) is 3.34. The Bertz CT molecular complexity index is 1090. The Balaban J connectivity index is 2.47. The molecule has 1 atom stereocenters. The molecule has 1 N–H and O–H groups in total. The van der Waals surface area contributed by atoms with E-state index in [0.717, 1.165) is 21.7 Å². The van der Waals surface area contributed by atoms with E-state index in [-0.39, 0.29) is 28.2 Å². The summed E-state index contributed by atoms with van der Waals surface area (Å²) in [5.41, 5.74) is 1.93. The minimum atomic E-state index is -3.88. The number of sulfonamides is 1. The number of carbonyl (C=O) groups excluding carboxylic acids is 2. The molecule has 0 spiro atoms.